The zero-order valence-electron chi connectivity index (χ0n) is 33.5. The summed E-state index contributed by atoms with van der Waals surface area (Å²) in [4.78, 5) is 49.7. The van der Waals surface area contributed by atoms with Crippen molar-refractivity contribution in [2.75, 3.05) is 7.11 Å². The zero-order valence-corrected chi connectivity index (χ0v) is 35.5. The van der Waals surface area contributed by atoms with E-state index in [1.807, 2.05) is 42.5 Å². The normalized spacial score (nSPS) is 21.0. The Morgan fingerprint density at radius 1 is 0.623 bits per heavy atom. The van der Waals surface area contributed by atoms with Crippen LogP contribution in [0.2, 0.25) is 36.3 Å². The van der Waals surface area contributed by atoms with E-state index in [9.17, 15) is 19.2 Å². The highest BCUT2D eigenvalue weighted by atomic mass is 28.4. The number of carbonyl (C=O) groups is 4. The Hall–Kier alpha value is -4.15. The first-order chi connectivity index (χ1) is 24.3. The van der Waals surface area contributed by atoms with Crippen LogP contribution in [0.4, 0.5) is 0 Å². The van der Waals surface area contributed by atoms with Crippen molar-refractivity contribution in [2.45, 2.75) is 129 Å². The van der Waals surface area contributed by atoms with Gasteiger partial charge in [0.15, 0.2) is 18.3 Å². The fourth-order valence-electron chi connectivity index (χ4n) is 4.86. The van der Waals surface area contributed by atoms with Crippen LogP contribution in [0.25, 0.3) is 12.2 Å². The number of esters is 4. The summed E-state index contributed by atoms with van der Waals surface area (Å²) in [6.45, 7) is 25.0. The molecule has 2 aromatic rings. The number of ether oxygens (including phenoxy) is 6. The summed E-state index contributed by atoms with van der Waals surface area (Å²) < 4.78 is 46.8. The summed E-state index contributed by atoms with van der Waals surface area (Å²) >= 11 is 0. The molecular weight excluding hydrogens is 717 g/mol. The molecule has 14 heteroatoms. The van der Waals surface area contributed by atoms with E-state index in [1.54, 1.807) is 12.1 Å². The summed E-state index contributed by atoms with van der Waals surface area (Å²) in [6, 6.07) is 13.2. The second-order valence-corrected chi connectivity index (χ2v) is 25.6. The Labute approximate surface area is 315 Å². The quantitative estimate of drug-likeness (QED) is 0.0903. The number of carbonyl (C=O) groups excluding carboxylic acids is 4. The van der Waals surface area contributed by atoms with E-state index in [0.29, 0.717) is 11.3 Å². The molecule has 1 saturated heterocycles. The molecule has 3 rings (SSSR count). The van der Waals surface area contributed by atoms with Gasteiger partial charge in [0.25, 0.3) is 0 Å². The highest BCUT2D eigenvalue weighted by molar-refractivity contribution is 6.75. The lowest BCUT2D eigenvalue weighted by Gasteiger charge is -2.43. The van der Waals surface area contributed by atoms with Crippen LogP contribution in [0.5, 0.6) is 17.2 Å². The maximum absolute atomic E-state index is 13.0. The molecule has 5 atom stereocenters. The summed E-state index contributed by atoms with van der Waals surface area (Å²) in [5, 5.41) is -0.0624. The number of hydrogen-bond acceptors (Lipinski definition) is 12. The molecule has 292 valence electrons. The van der Waals surface area contributed by atoms with Crippen LogP contribution in [0, 0.1) is 0 Å². The van der Waals surface area contributed by atoms with E-state index in [-0.39, 0.29) is 15.8 Å². The summed E-state index contributed by atoms with van der Waals surface area (Å²) in [5.74, 6) is -1.70. The lowest BCUT2D eigenvalue weighted by molar-refractivity contribution is -0.282. The third kappa shape index (κ3) is 11.7. The minimum atomic E-state index is -2.35. The van der Waals surface area contributed by atoms with Crippen molar-refractivity contribution in [3.05, 3.63) is 53.6 Å². The van der Waals surface area contributed by atoms with Crippen LogP contribution in [0.15, 0.2) is 42.5 Å². The van der Waals surface area contributed by atoms with Crippen molar-refractivity contribution in [3.8, 4) is 17.2 Å². The van der Waals surface area contributed by atoms with E-state index >= 15 is 0 Å². The van der Waals surface area contributed by atoms with Gasteiger partial charge in [0.2, 0.25) is 29.0 Å². The molecule has 0 aliphatic carbocycles. The van der Waals surface area contributed by atoms with Gasteiger partial charge in [-0.2, -0.15) is 0 Å². The van der Waals surface area contributed by atoms with Gasteiger partial charge < -0.3 is 37.3 Å². The molecule has 0 N–H and O–H groups in total. The van der Waals surface area contributed by atoms with Crippen LogP contribution in [0.1, 0.15) is 73.4 Å². The summed E-state index contributed by atoms with van der Waals surface area (Å²) in [6.07, 6.45) is -3.74. The molecule has 2 aromatic carbocycles. The van der Waals surface area contributed by atoms with Crippen molar-refractivity contribution in [2.24, 2.45) is 0 Å². The van der Waals surface area contributed by atoms with Crippen molar-refractivity contribution in [1.29, 1.82) is 0 Å². The standard InChI is InChI=1S/C39H56O12Si2/c1-24(40)45-32-33(46-25(2)41)35(47-26(3)42)37(49-34(32)36(43)44-10)48-30-21-28(22-31(23-30)51-53(13,14)39(7,8)9)16-15-27-17-19-29(20-18-27)50-52(11,12)38(4,5)6/h15-23,32-35,37H,1-14H3/b16-15+/t32-,33-,34-,35+,37+/m0/s1. The molecule has 53 heavy (non-hydrogen) atoms. The first-order valence-corrected chi connectivity index (χ1v) is 23.4. The smallest absolute Gasteiger partial charge is 0.339 e. The molecule has 0 amide bonds. The first-order valence-electron chi connectivity index (χ1n) is 17.6. The van der Waals surface area contributed by atoms with E-state index in [2.05, 4.69) is 67.7 Å². The molecular formula is C39H56O12Si2. The molecule has 0 spiro atoms. The largest absolute Gasteiger partial charge is 0.544 e. The van der Waals surface area contributed by atoms with Gasteiger partial charge in [0, 0.05) is 26.8 Å². The van der Waals surface area contributed by atoms with Crippen LogP contribution in [0.3, 0.4) is 0 Å². The number of hydrogen-bond donors (Lipinski definition) is 0. The third-order valence-electron chi connectivity index (χ3n) is 9.70. The van der Waals surface area contributed by atoms with Gasteiger partial charge >= 0.3 is 23.9 Å². The predicted octanol–water partition coefficient (Wildman–Crippen LogP) is 7.70. The van der Waals surface area contributed by atoms with E-state index in [4.69, 9.17) is 37.3 Å². The summed E-state index contributed by atoms with van der Waals surface area (Å²) in [5.41, 5.74) is 1.63. The van der Waals surface area contributed by atoms with Gasteiger partial charge in [0.1, 0.15) is 17.2 Å². The fraction of sp³-hybridized carbons (Fsp3) is 0.538. The van der Waals surface area contributed by atoms with Crippen molar-refractivity contribution >= 4 is 52.7 Å². The van der Waals surface area contributed by atoms with Crippen molar-refractivity contribution in [3.63, 3.8) is 0 Å². The second kappa shape index (κ2) is 16.9. The fourth-order valence-corrected chi connectivity index (χ4v) is 6.91. The molecule has 1 fully saturated rings. The average molecular weight is 773 g/mol. The Bertz CT molecular complexity index is 1650. The van der Waals surface area contributed by atoms with Crippen molar-refractivity contribution < 1.29 is 56.5 Å². The van der Waals surface area contributed by atoms with Gasteiger partial charge in [-0.05, 0) is 71.7 Å². The lowest BCUT2D eigenvalue weighted by Crippen LogP contribution is -2.64. The monoisotopic (exact) mass is 772 g/mol. The first kappa shape index (κ1) is 43.3. The minimum Gasteiger partial charge on any atom is -0.544 e. The Morgan fingerprint density at radius 3 is 1.57 bits per heavy atom. The Morgan fingerprint density at radius 2 is 1.08 bits per heavy atom. The molecule has 0 unspecified atom stereocenters. The van der Waals surface area contributed by atoms with Gasteiger partial charge in [-0.25, -0.2) is 4.79 Å². The molecule has 0 radical (unpaired) electrons. The topological polar surface area (TPSA) is 142 Å². The molecule has 1 heterocycles. The van der Waals surface area contributed by atoms with E-state index in [0.717, 1.165) is 39.2 Å². The van der Waals surface area contributed by atoms with Gasteiger partial charge in [-0.15, -0.1) is 0 Å². The van der Waals surface area contributed by atoms with Crippen LogP contribution in [-0.4, -0.2) is 78.3 Å². The molecule has 0 aromatic heterocycles. The van der Waals surface area contributed by atoms with Crippen LogP contribution in [-0.2, 0) is 42.9 Å². The highest BCUT2D eigenvalue weighted by Crippen LogP contribution is 2.40. The van der Waals surface area contributed by atoms with Crippen LogP contribution < -0.4 is 13.6 Å². The number of methoxy groups -OCH3 is 1. The second-order valence-electron chi connectivity index (χ2n) is 16.2. The molecule has 0 bridgehead atoms. The van der Waals surface area contributed by atoms with Gasteiger partial charge in [-0.3, -0.25) is 14.4 Å². The summed E-state index contributed by atoms with van der Waals surface area (Å²) in [7, 11) is -3.23. The van der Waals surface area contributed by atoms with Gasteiger partial charge in [-0.1, -0.05) is 65.8 Å². The maximum atomic E-state index is 13.0. The molecule has 12 nitrogen and oxygen atoms in total. The Balaban J connectivity index is 2.08. The van der Waals surface area contributed by atoms with Crippen LogP contribution >= 0.6 is 0 Å². The molecule has 1 aliphatic heterocycles. The van der Waals surface area contributed by atoms with E-state index < -0.39 is 71.2 Å². The number of rotatable bonds is 12. The third-order valence-corrected chi connectivity index (χ3v) is 18.4. The average Bonchev–Trinajstić information content (AvgIpc) is 3.00. The Kier molecular flexibility index (Phi) is 13.8. The molecule has 1 aliphatic rings. The highest BCUT2D eigenvalue weighted by Gasteiger charge is 2.56. The molecule has 0 saturated carbocycles. The number of benzene rings is 2. The lowest BCUT2D eigenvalue weighted by atomic mass is 9.97. The zero-order chi connectivity index (χ0) is 40.1. The SMILES string of the molecule is COC(=O)[C@H]1O[C@@H](Oc2cc(/C=C/c3ccc(O[Si](C)(C)C(C)(C)C)cc3)cc(O[Si](C)(C)C(C)(C)C)c2)[C@H](OC(C)=O)[C@@H](OC(C)=O)[C@@H]1OC(C)=O. The maximum Gasteiger partial charge on any atom is 0.339 e. The van der Waals surface area contributed by atoms with Crippen molar-refractivity contribution in [1.82, 2.24) is 0 Å². The van der Waals surface area contributed by atoms with E-state index in [1.165, 1.54) is 0 Å². The van der Waals surface area contributed by atoms with Gasteiger partial charge in [0.05, 0.1) is 7.11 Å². The predicted molar refractivity (Wildman–Crippen MR) is 205 cm³/mol. The minimum absolute atomic E-state index is 0.0648.